The molecule has 0 bridgehead atoms. The second kappa shape index (κ2) is 4.76. The first kappa shape index (κ1) is 11.3. The molecule has 0 atom stereocenters. The zero-order valence-electron chi connectivity index (χ0n) is 8.93. The molecule has 0 saturated carbocycles. The van der Waals surface area contributed by atoms with Crippen LogP contribution in [0.4, 0.5) is 8.78 Å². The van der Waals surface area contributed by atoms with Crippen LogP contribution < -0.4 is 10.1 Å². The van der Waals surface area contributed by atoms with Gasteiger partial charge >= 0.3 is 0 Å². The van der Waals surface area contributed by atoms with Gasteiger partial charge in [0.1, 0.15) is 11.9 Å². The predicted octanol–water partition coefficient (Wildman–Crippen LogP) is 1.46. The minimum atomic E-state index is -0.669. The lowest BCUT2D eigenvalue weighted by Crippen LogP contribution is -2.39. The summed E-state index contributed by atoms with van der Waals surface area (Å²) in [5.74, 6) is -1.15. The Labute approximate surface area is 92.4 Å². The van der Waals surface area contributed by atoms with Crippen LogP contribution in [-0.4, -0.2) is 26.4 Å². The van der Waals surface area contributed by atoms with Crippen molar-refractivity contribution in [1.82, 2.24) is 5.32 Å². The van der Waals surface area contributed by atoms with Gasteiger partial charge in [-0.1, -0.05) is 0 Å². The fourth-order valence-corrected chi connectivity index (χ4v) is 1.52. The number of benzene rings is 1. The second-order valence-electron chi connectivity index (χ2n) is 3.68. The Hall–Kier alpha value is -1.20. The third-order valence-electron chi connectivity index (χ3n) is 2.34. The lowest BCUT2D eigenvalue weighted by atomic mass is 10.1. The van der Waals surface area contributed by atoms with Gasteiger partial charge in [-0.2, -0.15) is 0 Å². The Morgan fingerprint density at radius 2 is 2.19 bits per heavy atom. The lowest BCUT2D eigenvalue weighted by Gasteiger charge is -2.28. The first-order valence-electron chi connectivity index (χ1n) is 5.07. The normalized spacial score (nSPS) is 15.9. The molecule has 5 heteroatoms. The summed E-state index contributed by atoms with van der Waals surface area (Å²) in [6, 6.07) is 2.10. The van der Waals surface area contributed by atoms with E-state index >= 15 is 0 Å². The molecule has 0 aliphatic carbocycles. The number of nitrogens with one attached hydrogen (secondary N) is 1. The maximum Gasteiger partial charge on any atom is 0.168 e. The van der Waals surface area contributed by atoms with E-state index in [9.17, 15) is 8.78 Å². The molecule has 0 radical (unpaired) electrons. The Morgan fingerprint density at radius 1 is 1.44 bits per heavy atom. The Balaban J connectivity index is 2.24. The van der Waals surface area contributed by atoms with E-state index in [0.29, 0.717) is 25.3 Å². The van der Waals surface area contributed by atoms with E-state index in [1.807, 2.05) is 0 Å². The molecule has 3 nitrogen and oxygen atoms in total. The molecule has 88 valence electrons. The van der Waals surface area contributed by atoms with Gasteiger partial charge in [0.15, 0.2) is 11.6 Å². The molecule has 1 aromatic rings. The van der Waals surface area contributed by atoms with E-state index in [-0.39, 0.29) is 11.9 Å². The highest BCUT2D eigenvalue weighted by atomic mass is 19.1. The number of rotatable bonds is 4. The van der Waals surface area contributed by atoms with Crippen molar-refractivity contribution in [2.75, 3.05) is 20.3 Å². The van der Waals surface area contributed by atoms with Gasteiger partial charge in [-0.25, -0.2) is 8.78 Å². The summed E-state index contributed by atoms with van der Waals surface area (Å²) in [5.41, 5.74) is 0.479. The van der Waals surface area contributed by atoms with Crippen molar-refractivity contribution in [3.05, 3.63) is 29.3 Å². The predicted molar refractivity (Wildman–Crippen MR) is 54.4 cm³/mol. The van der Waals surface area contributed by atoms with Crippen LogP contribution in [0.2, 0.25) is 0 Å². The van der Waals surface area contributed by atoms with Gasteiger partial charge in [0.05, 0.1) is 13.2 Å². The minimum absolute atomic E-state index is 0.115. The second-order valence-corrected chi connectivity index (χ2v) is 3.68. The summed E-state index contributed by atoms with van der Waals surface area (Å²) >= 11 is 0. The summed E-state index contributed by atoms with van der Waals surface area (Å²) in [6.07, 6.45) is -0.129. The van der Waals surface area contributed by atoms with E-state index in [4.69, 9.17) is 9.47 Å². The Morgan fingerprint density at radius 3 is 2.75 bits per heavy atom. The van der Waals surface area contributed by atoms with E-state index in [1.54, 1.807) is 7.05 Å². The third kappa shape index (κ3) is 2.31. The number of ether oxygens (including phenoxy) is 2. The van der Waals surface area contributed by atoms with E-state index in [0.717, 1.165) is 6.07 Å². The van der Waals surface area contributed by atoms with Crippen LogP contribution in [0.5, 0.6) is 5.75 Å². The molecule has 1 saturated heterocycles. The molecule has 1 aliphatic heterocycles. The summed E-state index contributed by atoms with van der Waals surface area (Å²) in [7, 11) is 1.71. The SMILES string of the molecule is CNCc1cc(F)cc(F)c1OC1COC1. The fraction of sp³-hybridized carbons (Fsp3) is 0.455. The molecule has 0 amide bonds. The van der Waals surface area contributed by atoms with Gasteiger partial charge in [-0.3, -0.25) is 0 Å². The maximum atomic E-state index is 13.5. The first-order valence-corrected chi connectivity index (χ1v) is 5.07. The van der Waals surface area contributed by atoms with Crippen LogP contribution in [0, 0.1) is 11.6 Å². The third-order valence-corrected chi connectivity index (χ3v) is 2.34. The molecule has 1 N–H and O–H groups in total. The highest BCUT2D eigenvalue weighted by Gasteiger charge is 2.23. The van der Waals surface area contributed by atoms with Gasteiger partial charge in [-0.05, 0) is 13.1 Å². The van der Waals surface area contributed by atoms with Crippen LogP contribution in [0.1, 0.15) is 5.56 Å². The molecule has 1 aromatic carbocycles. The highest BCUT2D eigenvalue weighted by molar-refractivity contribution is 5.36. The average Bonchev–Trinajstić information content (AvgIpc) is 2.14. The van der Waals surface area contributed by atoms with E-state index in [2.05, 4.69) is 5.32 Å². The zero-order valence-corrected chi connectivity index (χ0v) is 8.93. The molecular formula is C11H13F2NO2. The number of halogens is 2. The molecule has 0 unspecified atom stereocenters. The van der Waals surface area contributed by atoms with E-state index < -0.39 is 11.6 Å². The monoisotopic (exact) mass is 229 g/mol. The van der Waals surface area contributed by atoms with Crippen molar-refractivity contribution >= 4 is 0 Å². The summed E-state index contributed by atoms with van der Waals surface area (Å²) < 4.78 is 36.9. The first-order chi connectivity index (χ1) is 7.70. The summed E-state index contributed by atoms with van der Waals surface area (Å²) in [4.78, 5) is 0. The van der Waals surface area contributed by atoms with Crippen molar-refractivity contribution in [3.63, 3.8) is 0 Å². The Kier molecular flexibility index (Phi) is 3.36. The molecule has 16 heavy (non-hydrogen) atoms. The van der Waals surface area contributed by atoms with Crippen LogP contribution in [-0.2, 0) is 11.3 Å². The van der Waals surface area contributed by atoms with E-state index in [1.165, 1.54) is 6.07 Å². The minimum Gasteiger partial charge on any atom is -0.482 e. The van der Waals surface area contributed by atoms with Gasteiger partial charge in [0.25, 0.3) is 0 Å². The highest BCUT2D eigenvalue weighted by Crippen LogP contribution is 2.26. The van der Waals surface area contributed by atoms with Gasteiger partial charge in [0.2, 0.25) is 0 Å². The lowest BCUT2D eigenvalue weighted by molar-refractivity contribution is -0.0812. The van der Waals surface area contributed by atoms with Crippen LogP contribution in [0.25, 0.3) is 0 Å². The summed E-state index contributed by atoms with van der Waals surface area (Å²) in [5, 5.41) is 2.84. The van der Waals surface area contributed by atoms with Gasteiger partial charge in [0, 0.05) is 18.2 Å². The molecule has 0 spiro atoms. The standard InChI is InChI=1S/C11H13F2NO2/c1-14-4-7-2-8(12)3-10(13)11(7)16-9-5-15-6-9/h2-3,9,14H,4-6H2,1H3. The topological polar surface area (TPSA) is 30.5 Å². The molecule has 0 aromatic heterocycles. The number of hydrogen-bond donors (Lipinski definition) is 1. The maximum absolute atomic E-state index is 13.5. The largest absolute Gasteiger partial charge is 0.482 e. The summed E-state index contributed by atoms with van der Waals surface area (Å²) in [6.45, 7) is 1.27. The fourth-order valence-electron chi connectivity index (χ4n) is 1.52. The van der Waals surface area contributed by atoms with Crippen molar-refractivity contribution in [2.24, 2.45) is 0 Å². The smallest absolute Gasteiger partial charge is 0.168 e. The quantitative estimate of drug-likeness (QED) is 0.848. The van der Waals surface area contributed by atoms with Gasteiger partial charge in [-0.15, -0.1) is 0 Å². The van der Waals surface area contributed by atoms with Crippen LogP contribution in [0.3, 0.4) is 0 Å². The van der Waals surface area contributed by atoms with Crippen molar-refractivity contribution in [2.45, 2.75) is 12.6 Å². The van der Waals surface area contributed by atoms with Crippen molar-refractivity contribution in [3.8, 4) is 5.75 Å². The average molecular weight is 229 g/mol. The molecular weight excluding hydrogens is 216 g/mol. The van der Waals surface area contributed by atoms with Gasteiger partial charge < -0.3 is 14.8 Å². The zero-order chi connectivity index (χ0) is 11.5. The van der Waals surface area contributed by atoms with Crippen molar-refractivity contribution in [1.29, 1.82) is 0 Å². The van der Waals surface area contributed by atoms with Crippen LogP contribution in [0.15, 0.2) is 12.1 Å². The number of hydrogen-bond acceptors (Lipinski definition) is 3. The van der Waals surface area contributed by atoms with Crippen LogP contribution >= 0.6 is 0 Å². The Bertz CT molecular complexity index is 380. The molecule has 1 heterocycles. The molecule has 1 aliphatic rings. The van der Waals surface area contributed by atoms with Crippen molar-refractivity contribution < 1.29 is 18.3 Å². The molecule has 1 fully saturated rings. The molecule has 2 rings (SSSR count).